The number of guanidine groups is 1. The van der Waals surface area contributed by atoms with Gasteiger partial charge in [-0.2, -0.15) is 0 Å². The fourth-order valence-corrected chi connectivity index (χ4v) is 4.48. The summed E-state index contributed by atoms with van der Waals surface area (Å²) in [6.07, 6.45) is 8.46. The number of anilines is 1. The predicted molar refractivity (Wildman–Crippen MR) is 139 cm³/mol. The first kappa shape index (κ1) is 27.0. The summed E-state index contributed by atoms with van der Waals surface area (Å²) in [5, 5.41) is 6.53. The van der Waals surface area contributed by atoms with Gasteiger partial charge in [0.2, 0.25) is 0 Å². The van der Waals surface area contributed by atoms with Crippen molar-refractivity contribution in [3.63, 3.8) is 0 Å². The van der Waals surface area contributed by atoms with Crippen molar-refractivity contribution in [2.24, 2.45) is 4.99 Å². The summed E-state index contributed by atoms with van der Waals surface area (Å²) < 4.78 is 22.7. The van der Waals surface area contributed by atoms with E-state index in [0.717, 1.165) is 18.1 Å². The Morgan fingerprint density at radius 2 is 1.83 bits per heavy atom. The lowest BCUT2D eigenvalue weighted by atomic mass is 9.94. The molecule has 0 aliphatic heterocycles. The fraction of sp³-hybridized carbons (Fsp3) is 0.682. The normalized spacial score (nSPS) is 16.5. The molecule has 1 aliphatic carbocycles. The van der Waals surface area contributed by atoms with Crippen molar-refractivity contribution in [3.05, 3.63) is 29.8 Å². The minimum Gasteiger partial charge on any atom is -0.372 e. The van der Waals surface area contributed by atoms with Crippen LogP contribution in [0.3, 0.4) is 0 Å². The van der Waals surface area contributed by atoms with E-state index in [1.165, 1.54) is 44.0 Å². The molecule has 6 nitrogen and oxygen atoms in total. The highest BCUT2D eigenvalue weighted by molar-refractivity contribution is 14.0. The molecule has 8 heteroatoms. The van der Waals surface area contributed by atoms with E-state index >= 15 is 0 Å². The standard InChI is InChI=1S/C22H38N4O2S.HI/c1-5-23-22(25-18(2)15-16-29(4,27)28)24-17-19-11-13-21(14-12-19)26(3)20-9-7-6-8-10-20;/h11-14,18,20H,5-10,15-17H2,1-4H3,(H2,23,24,25);1H. The van der Waals surface area contributed by atoms with Crippen LogP contribution in [0.1, 0.15) is 57.9 Å². The molecule has 0 saturated heterocycles. The number of nitrogens with one attached hydrogen (secondary N) is 2. The average molecular weight is 551 g/mol. The number of halogens is 1. The topological polar surface area (TPSA) is 73.8 Å². The van der Waals surface area contributed by atoms with Crippen molar-refractivity contribution in [1.29, 1.82) is 0 Å². The molecule has 0 amide bonds. The van der Waals surface area contributed by atoms with Crippen LogP contribution in [-0.4, -0.2) is 52.1 Å². The van der Waals surface area contributed by atoms with Gasteiger partial charge in [0.15, 0.2) is 5.96 Å². The van der Waals surface area contributed by atoms with Crippen LogP contribution in [0.2, 0.25) is 0 Å². The molecule has 1 aromatic rings. The van der Waals surface area contributed by atoms with Gasteiger partial charge in [-0.3, -0.25) is 0 Å². The quantitative estimate of drug-likeness (QED) is 0.277. The van der Waals surface area contributed by atoms with Gasteiger partial charge in [-0.05, 0) is 50.8 Å². The van der Waals surface area contributed by atoms with Crippen LogP contribution in [0, 0.1) is 0 Å². The van der Waals surface area contributed by atoms with Gasteiger partial charge in [0.1, 0.15) is 9.84 Å². The number of rotatable bonds is 9. The third-order valence-corrected chi connectivity index (χ3v) is 6.51. The second kappa shape index (κ2) is 13.4. The van der Waals surface area contributed by atoms with Crippen LogP contribution >= 0.6 is 24.0 Å². The average Bonchev–Trinajstić information content (AvgIpc) is 2.71. The maximum Gasteiger partial charge on any atom is 0.191 e. The molecule has 0 radical (unpaired) electrons. The largest absolute Gasteiger partial charge is 0.372 e. The van der Waals surface area contributed by atoms with Gasteiger partial charge in [0.25, 0.3) is 0 Å². The van der Waals surface area contributed by atoms with Gasteiger partial charge in [-0.25, -0.2) is 13.4 Å². The molecule has 0 heterocycles. The Kier molecular flexibility index (Phi) is 12.1. The van der Waals surface area contributed by atoms with Crippen LogP contribution in [0.5, 0.6) is 0 Å². The van der Waals surface area contributed by atoms with E-state index in [-0.39, 0.29) is 35.8 Å². The first-order valence-corrected chi connectivity index (χ1v) is 12.9. The van der Waals surface area contributed by atoms with E-state index in [1.54, 1.807) is 0 Å². The van der Waals surface area contributed by atoms with E-state index in [0.29, 0.717) is 19.0 Å². The molecule has 1 saturated carbocycles. The smallest absolute Gasteiger partial charge is 0.191 e. The van der Waals surface area contributed by atoms with Crippen molar-refractivity contribution >= 4 is 45.5 Å². The first-order valence-electron chi connectivity index (χ1n) is 10.8. The second-order valence-corrected chi connectivity index (χ2v) is 10.5. The first-order chi connectivity index (χ1) is 13.8. The lowest BCUT2D eigenvalue weighted by Gasteiger charge is -2.33. The molecule has 1 fully saturated rings. The maximum atomic E-state index is 11.4. The number of aliphatic imine (C=N–C) groups is 1. The summed E-state index contributed by atoms with van der Waals surface area (Å²) >= 11 is 0. The molecule has 172 valence electrons. The Balaban J connectivity index is 0.00000450. The molecule has 2 rings (SSSR count). The lowest BCUT2D eigenvalue weighted by molar-refractivity contribution is 0.427. The summed E-state index contributed by atoms with van der Waals surface area (Å²) in [7, 11) is -0.744. The van der Waals surface area contributed by atoms with Gasteiger partial charge in [-0.1, -0.05) is 31.4 Å². The van der Waals surface area contributed by atoms with Crippen molar-refractivity contribution in [2.75, 3.05) is 30.5 Å². The molecular formula is C22H39IN4O2S. The number of hydrogen-bond acceptors (Lipinski definition) is 4. The monoisotopic (exact) mass is 550 g/mol. The molecule has 2 N–H and O–H groups in total. The summed E-state index contributed by atoms with van der Waals surface area (Å²) in [5.41, 5.74) is 2.43. The minimum atomic E-state index is -2.95. The molecule has 0 bridgehead atoms. The third kappa shape index (κ3) is 9.85. The van der Waals surface area contributed by atoms with E-state index in [9.17, 15) is 8.42 Å². The summed E-state index contributed by atoms with van der Waals surface area (Å²) in [5.74, 6) is 0.896. The molecule has 30 heavy (non-hydrogen) atoms. The van der Waals surface area contributed by atoms with Crippen LogP contribution in [-0.2, 0) is 16.4 Å². The van der Waals surface area contributed by atoms with Crippen LogP contribution < -0.4 is 15.5 Å². The SMILES string of the molecule is CCNC(=NCc1ccc(N(C)C2CCCCC2)cc1)NC(C)CCS(C)(=O)=O.I. The number of sulfone groups is 1. The molecule has 1 aliphatic rings. The number of benzene rings is 1. The molecular weight excluding hydrogens is 511 g/mol. The van der Waals surface area contributed by atoms with Gasteiger partial charge in [-0.15, -0.1) is 24.0 Å². The van der Waals surface area contributed by atoms with Gasteiger partial charge < -0.3 is 15.5 Å². The van der Waals surface area contributed by atoms with E-state index in [4.69, 9.17) is 0 Å². The summed E-state index contributed by atoms with van der Waals surface area (Å²) in [4.78, 5) is 7.08. The Labute approximate surface area is 200 Å². The molecule has 1 unspecified atom stereocenters. The van der Waals surface area contributed by atoms with Gasteiger partial charge in [0.05, 0.1) is 12.3 Å². The van der Waals surface area contributed by atoms with E-state index in [1.807, 2.05) is 13.8 Å². The maximum absolute atomic E-state index is 11.4. The highest BCUT2D eigenvalue weighted by Crippen LogP contribution is 2.26. The highest BCUT2D eigenvalue weighted by atomic mass is 127. The Hall–Kier alpha value is -1.03. The Bertz CT molecular complexity index is 747. The van der Waals surface area contributed by atoms with Gasteiger partial charge >= 0.3 is 0 Å². The molecule has 0 aromatic heterocycles. The minimum absolute atomic E-state index is 0. The number of hydrogen-bond donors (Lipinski definition) is 2. The van der Waals surface area contributed by atoms with E-state index in [2.05, 4.69) is 51.8 Å². The predicted octanol–water partition coefficient (Wildman–Crippen LogP) is 3.95. The summed E-state index contributed by atoms with van der Waals surface area (Å²) in [6, 6.07) is 9.37. The van der Waals surface area contributed by atoms with Crippen LogP contribution in [0.25, 0.3) is 0 Å². The zero-order valence-electron chi connectivity index (χ0n) is 18.9. The zero-order valence-corrected chi connectivity index (χ0v) is 22.0. The van der Waals surface area contributed by atoms with E-state index < -0.39 is 9.84 Å². The highest BCUT2D eigenvalue weighted by Gasteiger charge is 2.18. The summed E-state index contributed by atoms with van der Waals surface area (Å²) in [6.45, 7) is 5.35. The second-order valence-electron chi connectivity index (χ2n) is 8.23. The fourth-order valence-electron chi connectivity index (χ4n) is 3.70. The molecule has 1 atom stereocenters. The lowest BCUT2D eigenvalue weighted by Crippen LogP contribution is -2.42. The Morgan fingerprint density at radius 1 is 1.20 bits per heavy atom. The van der Waals surface area contributed by atoms with Crippen LogP contribution in [0.15, 0.2) is 29.3 Å². The van der Waals surface area contributed by atoms with Crippen LogP contribution in [0.4, 0.5) is 5.69 Å². The zero-order chi connectivity index (χ0) is 21.3. The van der Waals surface area contributed by atoms with Crippen molar-refractivity contribution in [3.8, 4) is 0 Å². The Morgan fingerprint density at radius 3 is 2.40 bits per heavy atom. The molecule has 1 aromatic carbocycles. The molecule has 0 spiro atoms. The van der Waals surface area contributed by atoms with Crippen molar-refractivity contribution in [1.82, 2.24) is 10.6 Å². The van der Waals surface area contributed by atoms with Crippen molar-refractivity contribution in [2.45, 2.75) is 71.0 Å². The number of nitrogens with zero attached hydrogens (tertiary/aromatic N) is 2. The third-order valence-electron chi connectivity index (χ3n) is 5.53. The van der Waals surface area contributed by atoms with Gasteiger partial charge in [0, 0.05) is 37.6 Å². The van der Waals surface area contributed by atoms with Crippen molar-refractivity contribution < 1.29 is 8.42 Å².